The molecule has 0 bridgehead atoms. The molecule has 0 rings (SSSR count). The first kappa shape index (κ1) is 16.2. The first-order valence-corrected chi connectivity index (χ1v) is 5.42. The van der Waals surface area contributed by atoms with Crippen molar-refractivity contribution in [3.63, 3.8) is 0 Å². The topological polar surface area (TPSA) is 35.5 Å². The van der Waals surface area contributed by atoms with Crippen LogP contribution in [0.2, 0.25) is 0 Å². The standard InChI is InChI=1S/C11H19F3O3/c1-8(9(15)17-10(2,3)4)16-7-5-6-11(12,13)14/h8H,5-7H2,1-4H3. The maximum absolute atomic E-state index is 11.8. The second kappa shape index (κ2) is 6.23. The molecule has 0 radical (unpaired) electrons. The van der Waals surface area contributed by atoms with Crippen LogP contribution in [-0.2, 0) is 14.3 Å². The highest BCUT2D eigenvalue weighted by atomic mass is 19.4. The quantitative estimate of drug-likeness (QED) is 0.560. The van der Waals surface area contributed by atoms with Gasteiger partial charge in [0.05, 0.1) is 0 Å². The van der Waals surface area contributed by atoms with Crippen LogP contribution in [0.4, 0.5) is 13.2 Å². The number of hydrogen-bond donors (Lipinski definition) is 0. The molecule has 1 unspecified atom stereocenters. The minimum atomic E-state index is -4.18. The van der Waals surface area contributed by atoms with Gasteiger partial charge in [-0.2, -0.15) is 13.2 Å². The van der Waals surface area contributed by atoms with E-state index in [2.05, 4.69) is 0 Å². The molecule has 0 heterocycles. The van der Waals surface area contributed by atoms with E-state index >= 15 is 0 Å². The number of rotatable bonds is 5. The second-order valence-corrected chi connectivity index (χ2v) is 4.77. The predicted octanol–water partition coefficient (Wildman–Crippen LogP) is 3.08. The van der Waals surface area contributed by atoms with Gasteiger partial charge in [-0.05, 0) is 34.1 Å². The van der Waals surface area contributed by atoms with E-state index in [9.17, 15) is 18.0 Å². The zero-order valence-corrected chi connectivity index (χ0v) is 10.6. The number of esters is 1. The van der Waals surface area contributed by atoms with Gasteiger partial charge in [-0.1, -0.05) is 0 Å². The Hall–Kier alpha value is -0.780. The second-order valence-electron chi connectivity index (χ2n) is 4.77. The molecular formula is C11H19F3O3. The molecule has 6 heteroatoms. The average Bonchev–Trinajstić information content (AvgIpc) is 2.07. The Morgan fingerprint density at radius 3 is 2.18 bits per heavy atom. The van der Waals surface area contributed by atoms with Crippen molar-refractivity contribution in [3.8, 4) is 0 Å². The van der Waals surface area contributed by atoms with E-state index < -0.39 is 30.3 Å². The molecule has 0 aromatic heterocycles. The van der Waals surface area contributed by atoms with Crippen molar-refractivity contribution in [2.24, 2.45) is 0 Å². The van der Waals surface area contributed by atoms with Gasteiger partial charge in [0.1, 0.15) is 5.60 Å². The smallest absolute Gasteiger partial charge is 0.389 e. The van der Waals surface area contributed by atoms with Gasteiger partial charge in [-0.25, -0.2) is 4.79 Å². The highest BCUT2D eigenvalue weighted by Gasteiger charge is 2.27. The fraction of sp³-hybridized carbons (Fsp3) is 0.909. The van der Waals surface area contributed by atoms with E-state index in [0.717, 1.165) is 0 Å². The van der Waals surface area contributed by atoms with E-state index in [-0.39, 0.29) is 13.0 Å². The van der Waals surface area contributed by atoms with Gasteiger partial charge in [0.25, 0.3) is 0 Å². The van der Waals surface area contributed by atoms with Crippen molar-refractivity contribution >= 4 is 5.97 Å². The molecule has 0 spiro atoms. The normalized spacial score (nSPS) is 14.5. The Labute approximate surface area is 99.3 Å². The van der Waals surface area contributed by atoms with E-state index in [4.69, 9.17) is 9.47 Å². The van der Waals surface area contributed by atoms with Crippen molar-refractivity contribution in [1.82, 2.24) is 0 Å². The summed E-state index contributed by atoms with van der Waals surface area (Å²) < 4.78 is 45.4. The van der Waals surface area contributed by atoms with Gasteiger partial charge in [0.2, 0.25) is 0 Å². The van der Waals surface area contributed by atoms with E-state index in [1.165, 1.54) is 6.92 Å². The Morgan fingerprint density at radius 2 is 1.76 bits per heavy atom. The van der Waals surface area contributed by atoms with Gasteiger partial charge in [-0.3, -0.25) is 0 Å². The van der Waals surface area contributed by atoms with Crippen molar-refractivity contribution in [1.29, 1.82) is 0 Å². The highest BCUT2D eigenvalue weighted by Crippen LogP contribution is 2.21. The summed E-state index contributed by atoms with van der Waals surface area (Å²) >= 11 is 0. The van der Waals surface area contributed by atoms with Crippen molar-refractivity contribution in [2.75, 3.05) is 6.61 Å². The lowest BCUT2D eigenvalue weighted by molar-refractivity contribution is -0.168. The molecule has 1 atom stereocenters. The summed E-state index contributed by atoms with van der Waals surface area (Å²) in [5.41, 5.74) is -0.624. The molecule has 102 valence electrons. The van der Waals surface area contributed by atoms with Crippen molar-refractivity contribution < 1.29 is 27.4 Å². The van der Waals surface area contributed by atoms with E-state index in [1.807, 2.05) is 0 Å². The molecule has 17 heavy (non-hydrogen) atoms. The number of alkyl halides is 3. The Bertz CT molecular complexity index is 243. The summed E-state index contributed by atoms with van der Waals surface area (Å²) in [4.78, 5) is 11.4. The van der Waals surface area contributed by atoms with Crippen LogP contribution in [0, 0.1) is 0 Å². The van der Waals surface area contributed by atoms with Crippen LogP contribution < -0.4 is 0 Å². The first-order chi connectivity index (χ1) is 7.51. The zero-order chi connectivity index (χ0) is 13.7. The molecule has 0 aromatic carbocycles. The Morgan fingerprint density at radius 1 is 1.24 bits per heavy atom. The summed E-state index contributed by atoms with van der Waals surface area (Å²) in [7, 11) is 0. The number of carbonyl (C=O) groups excluding carboxylic acids is 1. The zero-order valence-electron chi connectivity index (χ0n) is 10.6. The first-order valence-electron chi connectivity index (χ1n) is 5.42. The summed E-state index contributed by atoms with van der Waals surface area (Å²) in [6.45, 7) is 6.48. The predicted molar refractivity (Wildman–Crippen MR) is 56.5 cm³/mol. The largest absolute Gasteiger partial charge is 0.458 e. The van der Waals surface area contributed by atoms with Crippen molar-refractivity contribution in [2.45, 2.75) is 58.4 Å². The lowest BCUT2D eigenvalue weighted by Crippen LogP contribution is -2.32. The molecule has 0 aliphatic heterocycles. The molecule has 0 fully saturated rings. The van der Waals surface area contributed by atoms with Crippen LogP contribution in [0.15, 0.2) is 0 Å². The lowest BCUT2D eigenvalue weighted by Gasteiger charge is -2.22. The molecule has 0 aliphatic carbocycles. The van der Waals surface area contributed by atoms with Gasteiger partial charge in [-0.15, -0.1) is 0 Å². The molecule has 0 saturated heterocycles. The molecule has 3 nitrogen and oxygen atoms in total. The van der Waals surface area contributed by atoms with Gasteiger partial charge in [0, 0.05) is 13.0 Å². The number of hydrogen-bond acceptors (Lipinski definition) is 3. The maximum atomic E-state index is 11.8. The van der Waals surface area contributed by atoms with E-state index in [1.54, 1.807) is 20.8 Å². The van der Waals surface area contributed by atoms with Crippen LogP contribution in [-0.4, -0.2) is 30.5 Å². The summed E-state index contributed by atoms with van der Waals surface area (Å²) in [5.74, 6) is -0.565. The summed E-state index contributed by atoms with van der Waals surface area (Å²) in [6, 6.07) is 0. The molecule has 0 aliphatic rings. The lowest BCUT2D eigenvalue weighted by atomic mass is 10.2. The van der Waals surface area contributed by atoms with Crippen LogP contribution in [0.3, 0.4) is 0 Å². The third kappa shape index (κ3) is 10.1. The third-order valence-corrected chi connectivity index (χ3v) is 1.71. The number of halogens is 3. The maximum Gasteiger partial charge on any atom is 0.389 e. The van der Waals surface area contributed by atoms with Crippen LogP contribution >= 0.6 is 0 Å². The SMILES string of the molecule is CC(OCCCC(F)(F)F)C(=O)OC(C)(C)C. The molecule has 0 amide bonds. The molecule has 0 saturated carbocycles. The molecule has 0 aromatic rings. The van der Waals surface area contributed by atoms with Crippen LogP contribution in [0.5, 0.6) is 0 Å². The summed E-state index contributed by atoms with van der Waals surface area (Å²) in [5, 5.41) is 0. The van der Waals surface area contributed by atoms with Crippen LogP contribution in [0.1, 0.15) is 40.5 Å². The van der Waals surface area contributed by atoms with Crippen molar-refractivity contribution in [3.05, 3.63) is 0 Å². The number of carbonyl (C=O) groups is 1. The van der Waals surface area contributed by atoms with Crippen LogP contribution in [0.25, 0.3) is 0 Å². The van der Waals surface area contributed by atoms with Gasteiger partial charge >= 0.3 is 12.1 Å². The fourth-order valence-electron chi connectivity index (χ4n) is 0.986. The highest BCUT2D eigenvalue weighted by molar-refractivity contribution is 5.74. The summed E-state index contributed by atoms with van der Waals surface area (Å²) in [6.07, 6.45) is -6.09. The Balaban J connectivity index is 3.80. The molecule has 0 N–H and O–H groups in total. The minimum Gasteiger partial charge on any atom is -0.458 e. The fourth-order valence-corrected chi connectivity index (χ4v) is 0.986. The number of ether oxygens (including phenoxy) is 2. The van der Waals surface area contributed by atoms with Gasteiger partial charge in [0.15, 0.2) is 6.10 Å². The Kier molecular flexibility index (Phi) is 5.95. The minimum absolute atomic E-state index is 0.111. The van der Waals surface area contributed by atoms with E-state index in [0.29, 0.717) is 0 Å². The molecular weight excluding hydrogens is 237 g/mol. The monoisotopic (exact) mass is 256 g/mol. The third-order valence-electron chi connectivity index (χ3n) is 1.71. The van der Waals surface area contributed by atoms with Gasteiger partial charge < -0.3 is 9.47 Å². The average molecular weight is 256 g/mol.